The van der Waals surface area contributed by atoms with E-state index in [1.165, 1.54) is 37.2 Å². The molecule has 1 aromatic carbocycles. The molecule has 2 heteroatoms. The quantitative estimate of drug-likeness (QED) is 0.706. The van der Waals surface area contributed by atoms with Crippen molar-refractivity contribution >= 4 is 23.4 Å². The lowest BCUT2D eigenvalue weighted by molar-refractivity contribution is 0.949. The zero-order chi connectivity index (χ0) is 10.5. The molecule has 2 rings (SSSR count). The fourth-order valence-electron chi connectivity index (χ4n) is 1.98. The molecule has 1 saturated heterocycles. The Balaban J connectivity index is 2.14. The highest BCUT2D eigenvalue weighted by atomic mass is 35.5. The van der Waals surface area contributed by atoms with Gasteiger partial charge in [-0.05, 0) is 30.5 Å². The first-order valence-corrected chi connectivity index (χ1v) is 6.01. The Labute approximate surface area is 96.4 Å². The van der Waals surface area contributed by atoms with Gasteiger partial charge in [0.1, 0.15) is 0 Å². The Kier molecular flexibility index (Phi) is 3.68. The number of hydrogen-bond acceptors (Lipinski definition) is 1. The molecule has 0 radical (unpaired) electrons. The number of anilines is 1. The van der Waals surface area contributed by atoms with Crippen molar-refractivity contribution in [1.29, 1.82) is 0 Å². The molecule has 0 aliphatic carbocycles. The molecule has 1 aromatic rings. The summed E-state index contributed by atoms with van der Waals surface area (Å²) in [4.78, 5) is 2.44. The molecule has 1 aliphatic heterocycles. The molecule has 1 fully saturated rings. The average molecular weight is 222 g/mol. The van der Waals surface area contributed by atoms with E-state index in [1.807, 2.05) is 6.08 Å². The molecule has 15 heavy (non-hydrogen) atoms. The van der Waals surface area contributed by atoms with E-state index in [2.05, 4.69) is 35.2 Å². The zero-order valence-electron chi connectivity index (χ0n) is 8.82. The van der Waals surface area contributed by atoms with Crippen LogP contribution >= 0.6 is 11.6 Å². The van der Waals surface area contributed by atoms with Gasteiger partial charge in [-0.3, -0.25) is 0 Å². The van der Waals surface area contributed by atoms with Crippen molar-refractivity contribution in [3.05, 3.63) is 35.9 Å². The third kappa shape index (κ3) is 2.75. The van der Waals surface area contributed by atoms with Gasteiger partial charge in [-0.25, -0.2) is 0 Å². The van der Waals surface area contributed by atoms with Crippen molar-refractivity contribution in [2.75, 3.05) is 23.9 Å². The van der Waals surface area contributed by atoms with E-state index in [0.29, 0.717) is 5.88 Å². The topological polar surface area (TPSA) is 3.24 Å². The minimum absolute atomic E-state index is 0.577. The lowest BCUT2D eigenvalue weighted by atomic mass is 10.2. The molecule has 0 bridgehead atoms. The van der Waals surface area contributed by atoms with Gasteiger partial charge in [0.15, 0.2) is 0 Å². The summed E-state index contributed by atoms with van der Waals surface area (Å²) in [5.41, 5.74) is 2.57. The highest BCUT2D eigenvalue weighted by Crippen LogP contribution is 2.21. The Morgan fingerprint density at radius 1 is 1.27 bits per heavy atom. The molecule has 0 saturated carbocycles. The highest BCUT2D eigenvalue weighted by molar-refractivity contribution is 6.19. The summed E-state index contributed by atoms with van der Waals surface area (Å²) in [7, 11) is 0. The Hall–Kier alpha value is -0.950. The normalized spacial score (nSPS) is 16.5. The van der Waals surface area contributed by atoms with Crippen LogP contribution in [0.15, 0.2) is 30.3 Å². The monoisotopic (exact) mass is 221 g/mol. The lowest BCUT2D eigenvalue weighted by Gasteiger charge is -2.17. The maximum atomic E-state index is 5.62. The number of benzene rings is 1. The lowest BCUT2D eigenvalue weighted by Crippen LogP contribution is -2.17. The minimum Gasteiger partial charge on any atom is -0.372 e. The standard InChI is InChI=1S/C13H16ClN/c14-8-4-6-12-5-3-7-13(11-12)15-9-1-2-10-15/h3-7,11H,1-2,8-10H2. The minimum atomic E-state index is 0.577. The summed E-state index contributed by atoms with van der Waals surface area (Å²) in [6.45, 7) is 2.39. The van der Waals surface area contributed by atoms with E-state index in [4.69, 9.17) is 11.6 Å². The van der Waals surface area contributed by atoms with Gasteiger partial charge >= 0.3 is 0 Å². The SMILES string of the molecule is ClCC=Cc1cccc(N2CCCC2)c1. The van der Waals surface area contributed by atoms with Crippen LogP contribution in [0.2, 0.25) is 0 Å². The van der Waals surface area contributed by atoms with E-state index in [-0.39, 0.29) is 0 Å². The van der Waals surface area contributed by atoms with Crippen LogP contribution in [0.3, 0.4) is 0 Å². The molecule has 0 N–H and O–H groups in total. The summed E-state index contributed by atoms with van der Waals surface area (Å²) in [6.07, 6.45) is 6.70. The van der Waals surface area contributed by atoms with Crippen LogP contribution in [0.1, 0.15) is 18.4 Å². The van der Waals surface area contributed by atoms with Crippen LogP contribution in [0.4, 0.5) is 5.69 Å². The third-order valence-corrected chi connectivity index (χ3v) is 2.92. The Bertz CT molecular complexity index is 340. The van der Waals surface area contributed by atoms with Gasteiger partial charge in [-0.15, -0.1) is 11.6 Å². The predicted molar refractivity (Wildman–Crippen MR) is 67.6 cm³/mol. The number of rotatable bonds is 3. The van der Waals surface area contributed by atoms with Crippen molar-refractivity contribution in [1.82, 2.24) is 0 Å². The third-order valence-electron chi connectivity index (χ3n) is 2.74. The van der Waals surface area contributed by atoms with Crippen LogP contribution in [-0.4, -0.2) is 19.0 Å². The molecule has 1 aliphatic rings. The van der Waals surface area contributed by atoms with Gasteiger partial charge in [0.25, 0.3) is 0 Å². The summed E-state index contributed by atoms with van der Waals surface area (Å²) in [5.74, 6) is 0.577. The molecule has 1 heterocycles. The molecule has 1 nitrogen and oxygen atoms in total. The van der Waals surface area contributed by atoms with Crippen LogP contribution in [0, 0.1) is 0 Å². The summed E-state index contributed by atoms with van der Waals surface area (Å²) in [5, 5.41) is 0. The first kappa shape index (κ1) is 10.6. The van der Waals surface area contributed by atoms with E-state index < -0.39 is 0 Å². The summed E-state index contributed by atoms with van der Waals surface area (Å²) in [6, 6.07) is 8.64. The molecule has 80 valence electrons. The Morgan fingerprint density at radius 3 is 2.80 bits per heavy atom. The van der Waals surface area contributed by atoms with Crippen molar-refractivity contribution in [2.45, 2.75) is 12.8 Å². The molecule has 0 unspecified atom stereocenters. The maximum Gasteiger partial charge on any atom is 0.0407 e. The van der Waals surface area contributed by atoms with E-state index in [1.54, 1.807) is 0 Å². The second-order valence-electron chi connectivity index (χ2n) is 3.85. The largest absolute Gasteiger partial charge is 0.372 e. The number of alkyl halides is 1. The number of hydrogen-bond donors (Lipinski definition) is 0. The van der Waals surface area contributed by atoms with E-state index in [9.17, 15) is 0 Å². The summed E-state index contributed by atoms with van der Waals surface area (Å²) < 4.78 is 0. The second kappa shape index (κ2) is 5.22. The van der Waals surface area contributed by atoms with Crippen molar-refractivity contribution in [2.24, 2.45) is 0 Å². The number of nitrogens with zero attached hydrogens (tertiary/aromatic N) is 1. The Morgan fingerprint density at radius 2 is 2.07 bits per heavy atom. The maximum absolute atomic E-state index is 5.62. The first-order chi connectivity index (χ1) is 7.40. The fourth-order valence-corrected chi connectivity index (χ4v) is 2.07. The van der Waals surface area contributed by atoms with Gasteiger partial charge in [-0.2, -0.15) is 0 Å². The van der Waals surface area contributed by atoms with Gasteiger partial charge in [0, 0.05) is 24.7 Å². The van der Waals surface area contributed by atoms with Crippen molar-refractivity contribution in [3.63, 3.8) is 0 Å². The predicted octanol–water partition coefficient (Wildman–Crippen LogP) is 3.54. The molecular weight excluding hydrogens is 206 g/mol. The van der Waals surface area contributed by atoms with Gasteiger partial charge in [0.05, 0.1) is 0 Å². The zero-order valence-corrected chi connectivity index (χ0v) is 9.58. The van der Waals surface area contributed by atoms with Gasteiger partial charge < -0.3 is 4.90 Å². The molecule has 0 atom stereocenters. The van der Waals surface area contributed by atoms with E-state index >= 15 is 0 Å². The van der Waals surface area contributed by atoms with Gasteiger partial charge in [-0.1, -0.05) is 24.3 Å². The van der Waals surface area contributed by atoms with E-state index in [0.717, 1.165) is 0 Å². The van der Waals surface area contributed by atoms with Crippen LogP contribution in [-0.2, 0) is 0 Å². The van der Waals surface area contributed by atoms with Crippen molar-refractivity contribution in [3.8, 4) is 0 Å². The molecule has 0 aromatic heterocycles. The smallest absolute Gasteiger partial charge is 0.0407 e. The first-order valence-electron chi connectivity index (χ1n) is 5.47. The molecule has 0 spiro atoms. The van der Waals surface area contributed by atoms with Crippen LogP contribution in [0.5, 0.6) is 0 Å². The van der Waals surface area contributed by atoms with Crippen LogP contribution in [0.25, 0.3) is 6.08 Å². The fraction of sp³-hybridized carbons (Fsp3) is 0.385. The summed E-state index contributed by atoms with van der Waals surface area (Å²) >= 11 is 5.62. The second-order valence-corrected chi connectivity index (χ2v) is 4.15. The number of halogens is 1. The number of allylic oxidation sites excluding steroid dienone is 1. The average Bonchev–Trinajstić information content (AvgIpc) is 2.80. The van der Waals surface area contributed by atoms with Gasteiger partial charge in [0.2, 0.25) is 0 Å². The molecular formula is C13H16ClN. The molecule has 0 amide bonds. The highest BCUT2D eigenvalue weighted by Gasteiger charge is 2.11. The van der Waals surface area contributed by atoms with Crippen LogP contribution < -0.4 is 4.90 Å². The van der Waals surface area contributed by atoms with Crippen molar-refractivity contribution < 1.29 is 0 Å².